The number of ether oxygens (including phenoxy) is 2. The van der Waals surface area contributed by atoms with Gasteiger partial charge in [-0.2, -0.15) is 0 Å². The van der Waals surface area contributed by atoms with Gasteiger partial charge in [-0.15, -0.1) is 0 Å². The van der Waals surface area contributed by atoms with E-state index in [1.807, 2.05) is 30.3 Å². The van der Waals surface area contributed by atoms with Crippen LogP contribution in [0.2, 0.25) is 0 Å². The summed E-state index contributed by atoms with van der Waals surface area (Å²) in [6, 6.07) is 28.4. The number of hydrogen-bond acceptors (Lipinski definition) is 3. The van der Waals surface area contributed by atoms with Crippen molar-refractivity contribution >= 4 is 10.9 Å². The second-order valence-corrected chi connectivity index (χ2v) is 10.7. The monoisotopic (exact) mass is 518 g/mol. The SMILES string of the molecule is COc1cc2c(cc1OCc1ccccc1)CCN1C2Cc2c([nH]c3cc(C)ccc23)C1c1ccc(F)cc1. The van der Waals surface area contributed by atoms with Crippen molar-refractivity contribution in [3.8, 4) is 11.5 Å². The summed E-state index contributed by atoms with van der Waals surface area (Å²) >= 11 is 0. The molecular weight excluding hydrogens is 487 g/mol. The molecule has 2 unspecified atom stereocenters. The van der Waals surface area contributed by atoms with Gasteiger partial charge in [0.1, 0.15) is 12.4 Å². The van der Waals surface area contributed by atoms with Gasteiger partial charge in [0.2, 0.25) is 0 Å². The molecule has 1 aromatic heterocycles. The lowest BCUT2D eigenvalue weighted by atomic mass is 9.80. The van der Waals surface area contributed by atoms with Crippen molar-refractivity contribution in [2.75, 3.05) is 13.7 Å². The molecule has 0 fully saturated rings. The molecule has 5 heteroatoms. The number of benzene rings is 4. The number of nitrogens with one attached hydrogen (secondary N) is 1. The number of aromatic nitrogens is 1. The van der Waals surface area contributed by atoms with Crippen LogP contribution in [0.25, 0.3) is 10.9 Å². The standard InChI is InChI=1S/C34H31FN2O2/c1-21-8-13-26-28-18-30-27-19-31(38-2)32(39-20-22-6-4-3-5-7-22)17-24(27)14-15-37(30)34(33(28)36-29(26)16-21)23-9-11-25(35)12-10-23/h3-13,16-17,19,30,34,36H,14-15,18,20H2,1-2H3. The molecule has 7 rings (SSSR count). The van der Waals surface area contributed by atoms with Crippen LogP contribution in [-0.4, -0.2) is 23.5 Å². The molecule has 4 aromatic carbocycles. The van der Waals surface area contributed by atoms with Gasteiger partial charge in [0.15, 0.2) is 11.5 Å². The minimum atomic E-state index is -0.213. The highest BCUT2D eigenvalue weighted by atomic mass is 19.1. The van der Waals surface area contributed by atoms with E-state index in [1.165, 1.54) is 33.3 Å². The number of rotatable bonds is 5. The summed E-state index contributed by atoms with van der Waals surface area (Å²) in [5, 5.41) is 1.27. The predicted molar refractivity (Wildman–Crippen MR) is 152 cm³/mol. The van der Waals surface area contributed by atoms with E-state index in [9.17, 15) is 4.39 Å². The van der Waals surface area contributed by atoms with Crippen LogP contribution in [0.4, 0.5) is 4.39 Å². The molecule has 196 valence electrons. The summed E-state index contributed by atoms with van der Waals surface area (Å²) in [5.41, 5.74) is 9.77. The number of aryl methyl sites for hydroxylation is 1. The van der Waals surface area contributed by atoms with Crippen molar-refractivity contribution < 1.29 is 13.9 Å². The first-order valence-electron chi connectivity index (χ1n) is 13.6. The second kappa shape index (κ2) is 9.58. The molecule has 4 nitrogen and oxygen atoms in total. The Balaban J connectivity index is 1.32. The summed E-state index contributed by atoms with van der Waals surface area (Å²) < 4.78 is 26.0. The Morgan fingerprint density at radius 1 is 0.949 bits per heavy atom. The van der Waals surface area contributed by atoms with Crippen LogP contribution in [-0.2, 0) is 19.4 Å². The maximum atomic E-state index is 13.9. The second-order valence-electron chi connectivity index (χ2n) is 10.7. The van der Waals surface area contributed by atoms with Gasteiger partial charge in [0.25, 0.3) is 0 Å². The van der Waals surface area contributed by atoms with E-state index < -0.39 is 0 Å². The molecule has 0 saturated carbocycles. The lowest BCUT2D eigenvalue weighted by Gasteiger charge is -2.46. The van der Waals surface area contributed by atoms with Crippen LogP contribution in [0, 0.1) is 12.7 Å². The van der Waals surface area contributed by atoms with Gasteiger partial charge in [-0.05, 0) is 83.5 Å². The van der Waals surface area contributed by atoms with Crippen molar-refractivity contribution in [3.05, 3.63) is 130 Å². The molecule has 2 aliphatic rings. The molecular formula is C34H31FN2O2. The number of halogens is 1. The third-order valence-electron chi connectivity index (χ3n) is 8.34. The number of nitrogens with zero attached hydrogens (tertiary/aromatic N) is 1. The molecule has 5 aromatic rings. The number of aromatic amines is 1. The van der Waals surface area contributed by atoms with Gasteiger partial charge in [-0.3, -0.25) is 4.90 Å². The fourth-order valence-corrected chi connectivity index (χ4v) is 6.48. The molecule has 0 aliphatic carbocycles. The van der Waals surface area contributed by atoms with E-state index in [-0.39, 0.29) is 17.9 Å². The molecule has 2 aliphatic heterocycles. The number of H-pyrrole nitrogens is 1. The zero-order chi connectivity index (χ0) is 26.5. The van der Waals surface area contributed by atoms with Gasteiger partial charge in [0, 0.05) is 29.2 Å². The van der Waals surface area contributed by atoms with Gasteiger partial charge in [-0.1, -0.05) is 54.6 Å². The molecule has 2 atom stereocenters. The summed E-state index contributed by atoms with van der Waals surface area (Å²) in [5.74, 6) is 1.32. The minimum Gasteiger partial charge on any atom is -0.493 e. The first-order chi connectivity index (χ1) is 19.1. The largest absolute Gasteiger partial charge is 0.493 e. The normalized spacial score (nSPS) is 18.3. The molecule has 3 heterocycles. The maximum Gasteiger partial charge on any atom is 0.161 e. The molecule has 1 N–H and O–H groups in total. The third-order valence-corrected chi connectivity index (χ3v) is 8.34. The first kappa shape index (κ1) is 24.0. The Kier molecular flexibility index (Phi) is 5.89. The Labute approximate surface area is 228 Å². The van der Waals surface area contributed by atoms with E-state index in [1.54, 1.807) is 19.2 Å². The molecule has 39 heavy (non-hydrogen) atoms. The van der Waals surface area contributed by atoms with E-state index in [0.29, 0.717) is 6.61 Å². The van der Waals surface area contributed by atoms with Gasteiger partial charge >= 0.3 is 0 Å². The van der Waals surface area contributed by atoms with E-state index in [0.717, 1.165) is 47.5 Å². The zero-order valence-corrected chi connectivity index (χ0v) is 22.2. The first-order valence-corrected chi connectivity index (χ1v) is 13.6. The summed E-state index contributed by atoms with van der Waals surface area (Å²) in [4.78, 5) is 6.33. The van der Waals surface area contributed by atoms with Crippen molar-refractivity contribution in [1.29, 1.82) is 0 Å². The van der Waals surface area contributed by atoms with Crippen LogP contribution in [0.3, 0.4) is 0 Å². The summed E-state index contributed by atoms with van der Waals surface area (Å²) in [6.45, 7) is 3.52. The molecule has 0 saturated heterocycles. The summed E-state index contributed by atoms with van der Waals surface area (Å²) in [6.07, 6.45) is 1.81. The van der Waals surface area contributed by atoms with Gasteiger partial charge in [0.05, 0.1) is 13.2 Å². The van der Waals surface area contributed by atoms with Crippen LogP contribution >= 0.6 is 0 Å². The number of fused-ring (bicyclic) bond motifs is 6. The molecule has 0 radical (unpaired) electrons. The lowest BCUT2D eigenvalue weighted by molar-refractivity contribution is 0.127. The van der Waals surface area contributed by atoms with E-state index in [2.05, 4.69) is 59.3 Å². The van der Waals surface area contributed by atoms with Crippen molar-refractivity contribution in [1.82, 2.24) is 9.88 Å². The Morgan fingerprint density at radius 2 is 1.77 bits per heavy atom. The van der Waals surface area contributed by atoms with Gasteiger partial charge in [-0.25, -0.2) is 4.39 Å². The molecule has 0 amide bonds. The highest BCUT2D eigenvalue weighted by molar-refractivity contribution is 5.86. The fraction of sp³-hybridized carbons (Fsp3) is 0.235. The topological polar surface area (TPSA) is 37.5 Å². The van der Waals surface area contributed by atoms with Crippen molar-refractivity contribution in [3.63, 3.8) is 0 Å². The van der Waals surface area contributed by atoms with Gasteiger partial charge < -0.3 is 14.5 Å². The average Bonchev–Trinajstić information content (AvgIpc) is 3.32. The Bertz CT molecular complexity index is 1660. The van der Waals surface area contributed by atoms with Crippen LogP contribution < -0.4 is 9.47 Å². The minimum absolute atomic E-state index is 0.0141. The molecule has 0 spiro atoms. The highest BCUT2D eigenvalue weighted by Crippen LogP contribution is 2.49. The number of hydrogen-bond donors (Lipinski definition) is 1. The average molecular weight is 519 g/mol. The Morgan fingerprint density at radius 3 is 2.56 bits per heavy atom. The lowest BCUT2D eigenvalue weighted by Crippen LogP contribution is -2.43. The highest BCUT2D eigenvalue weighted by Gasteiger charge is 2.41. The summed E-state index contributed by atoms with van der Waals surface area (Å²) in [7, 11) is 1.71. The molecule has 0 bridgehead atoms. The quantitative estimate of drug-likeness (QED) is 0.263. The smallest absolute Gasteiger partial charge is 0.161 e. The Hall–Kier alpha value is -4.09. The maximum absolute atomic E-state index is 13.9. The van der Waals surface area contributed by atoms with E-state index in [4.69, 9.17) is 9.47 Å². The van der Waals surface area contributed by atoms with Crippen LogP contribution in [0.1, 0.15) is 51.2 Å². The third kappa shape index (κ3) is 4.18. The fourth-order valence-electron chi connectivity index (χ4n) is 6.48. The van der Waals surface area contributed by atoms with Crippen LogP contribution in [0.15, 0.2) is 84.9 Å². The van der Waals surface area contributed by atoms with Crippen molar-refractivity contribution in [2.45, 2.75) is 38.5 Å². The van der Waals surface area contributed by atoms with E-state index >= 15 is 0 Å². The van der Waals surface area contributed by atoms with Crippen LogP contribution in [0.5, 0.6) is 11.5 Å². The predicted octanol–water partition coefficient (Wildman–Crippen LogP) is 7.45. The zero-order valence-electron chi connectivity index (χ0n) is 22.2. The van der Waals surface area contributed by atoms with Crippen molar-refractivity contribution in [2.24, 2.45) is 0 Å². The number of methoxy groups -OCH3 is 1.